The topological polar surface area (TPSA) is 0 Å². The minimum atomic E-state index is 1.47. The third-order valence-corrected chi connectivity index (χ3v) is 7.34. The average Bonchev–Trinajstić information content (AvgIpc) is 2.75. The first-order valence-electron chi connectivity index (χ1n) is 4.97. The summed E-state index contributed by atoms with van der Waals surface area (Å²) in [5.74, 6) is 0. The molecular formula is C12H12S3. The SMILES string of the molecule is Cc1sc2c(sc3c(C)c(C)sc32)c1C. The van der Waals surface area contributed by atoms with E-state index in [1.807, 2.05) is 34.0 Å². The highest BCUT2D eigenvalue weighted by atomic mass is 32.1. The van der Waals surface area contributed by atoms with Crippen LogP contribution in [0.3, 0.4) is 0 Å². The number of hydrogen-bond donors (Lipinski definition) is 0. The molecule has 0 aromatic carbocycles. The van der Waals surface area contributed by atoms with E-state index in [4.69, 9.17) is 0 Å². The summed E-state index contributed by atoms with van der Waals surface area (Å²) in [5.41, 5.74) is 2.97. The Morgan fingerprint density at radius 3 is 1.33 bits per heavy atom. The molecule has 0 unspecified atom stereocenters. The summed E-state index contributed by atoms with van der Waals surface area (Å²) in [6, 6.07) is 0. The van der Waals surface area contributed by atoms with Gasteiger partial charge >= 0.3 is 0 Å². The van der Waals surface area contributed by atoms with E-state index in [1.165, 1.54) is 39.7 Å². The zero-order chi connectivity index (χ0) is 10.7. The van der Waals surface area contributed by atoms with Crippen molar-refractivity contribution in [1.29, 1.82) is 0 Å². The average molecular weight is 252 g/mol. The molecule has 0 radical (unpaired) electrons. The van der Waals surface area contributed by atoms with Crippen molar-refractivity contribution in [2.24, 2.45) is 0 Å². The molecule has 0 nitrogen and oxygen atoms in total. The van der Waals surface area contributed by atoms with Crippen LogP contribution in [0.2, 0.25) is 0 Å². The third-order valence-electron chi connectivity index (χ3n) is 3.07. The predicted octanol–water partition coefficient (Wildman–Crippen LogP) is 5.41. The monoisotopic (exact) mass is 252 g/mol. The van der Waals surface area contributed by atoms with Gasteiger partial charge < -0.3 is 0 Å². The molecular weight excluding hydrogens is 240 g/mol. The van der Waals surface area contributed by atoms with E-state index in [2.05, 4.69) is 27.7 Å². The molecule has 0 fully saturated rings. The highest BCUT2D eigenvalue weighted by Crippen LogP contribution is 2.47. The maximum absolute atomic E-state index is 2.25. The van der Waals surface area contributed by atoms with Crippen molar-refractivity contribution in [1.82, 2.24) is 0 Å². The number of aryl methyl sites for hydroxylation is 4. The fourth-order valence-electron chi connectivity index (χ4n) is 1.86. The lowest BCUT2D eigenvalue weighted by atomic mass is 10.3. The first-order chi connectivity index (χ1) is 7.09. The van der Waals surface area contributed by atoms with Crippen LogP contribution in [0, 0.1) is 27.7 Å². The highest BCUT2D eigenvalue weighted by Gasteiger charge is 2.16. The molecule has 0 aliphatic heterocycles. The second-order valence-corrected chi connectivity index (χ2v) is 7.46. The Hall–Kier alpha value is -0.380. The van der Waals surface area contributed by atoms with E-state index in [-0.39, 0.29) is 0 Å². The van der Waals surface area contributed by atoms with Crippen molar-refractivity contribution in [3.8, 4) is 0 Å². The van der Waals surface area contributed by atoms with Gasteiger partial charge in [-0.25, -0.2) is 0 Å². The van der Waals surface area contributed by atoms with Crippen LogP contribution in [0.15, 0.2) is 0 Å². The molecule has 3 heterocycles. The summed E-state index contributed by atoms with van der Waals surface area (Å²) < 4.78 is 6.07. The zero-order valence-corrected chi connectivity index (χ0v) is 11.7. The molecule has 3 aromatic heterocycles. The first-order valence-corrected chi connectivity index (χ1v) is 7.42. The van der Waals surface area contributed by atoms with Gasteiger partial charge in [0.15, 0.2) is 0 Å². The van der Waals surface area contributed by atoms with Gasteiger partial charge in [-0.2, -0.15) is 0 Å². The molecule has 3 heteroatoms. The van der Waals surface area contributed by atoms with Crippen LogP contribution >= 0.6 is 34.0 Å². The molecule has 0 saturated heterocycles. The van der Waals surface area contributed by atoms with Gasteiger partial charge in [0.25, 0.3) is 0 Å². The standard InChI is InChI=1S/C12H12S3/c1-5-7(3)13-11-9(5)15-10-6(2)8(4)14-12(10)11/h1-4H3. The summed E-state index contributed by atoms with van der Waals surface area (Å²) in [4.78, 5) is 2.95. The van der Waals surface area contributed by atoms with Crippen molar-refractivity contribution >= 4 is 52.8 Å². The number of thiophene rings is 3. The predicted molar refractivity (Wildman–Crippen MR) is 74.0 cm³/mol. The van der Waals surface area contributed by atoms with Crippen molar-refractivity contribution in [2.75, 3.05) is 0 Å². The van der Waals surface area contributed by atoms with Gasteiger partial charge in [-0.1, -0.05) is 0 Å². The van der Waals surface area contributed by atoms with Crippen LogP contribution in [-0.2, 0) is 0 Å². The summed E-state index contributed by atoms with van der Waals surface area (Å²) >= 11 is 5.89. The summed E-state index contributed by atoms with van der Waals surface area (Å²) in [6.07, 6.45) is 0. The maximum atomic E-state index is 2.25. The number of fused-ring (bicyclic) bond motifs is 3. The number of rotatable bonds is 0. The normalized spacial score (nSPS) is 12.0. The minimum Gasteiger partial charge on any atom is -0.138 e. The van der Waals surface area contributed by atoms with E-state index in [0.29, 0.717) is 0 Å². The van der Waals surface area contributed by atoms with Crippen molar-refractivity contribution in [2.45, 2.75) is 27.7 Å². The van der Waals surface area contributed by atoms with Gasteiger partial charge in [0.05, 0.1) is 18.8 Å². The van der Waals surface area contributed by atoms with E-state index in [1.54, 1.807) is 0 Å². The fourth-order valence-corrected chi connectivity index (χ4v) is 6.08. The molecule has 0 saturated carbocycles. The molecule has 0 bridgehead atoms. The fraction of sp³-hybridized carbons (Fsp3) is 0.333. The second kappa shape index (κ2) is 3.06. The molecule has 78 valence electrons. The van der Waals surface area contributed by atoms with Crippen LogP contribution in [0.1, 0.15) is 20.9 Å². The minimum absolute atomic E-state index is 1.47. The van der Waals surface area contributed by atoms with Crippen LogP contribution < -0.4 is 0 Å². The highest BCUT2D eigenvalue weighted by molar-refractivity contribution is 7.38. The summed E-state index contributed by atoms with van der Waals surface area (Å²) in [5, 5.41) is 0. The Morgan fingerprint density at radius 2 is 0.933 bits per heavy atom. The Balaban J connectivity index is 2.57. The van der Waals surface area contributed by atoms with Gasteiger partial charge in [0.1, 0.15) is 0 Å². The van der Waals surface area contributed by atoms with Crippen LogP contribution in [-0.4, -0.2) is 0 Å². The molecule has 3 rings (SSSR count). The molecule has 0 spiro atoms. The Bertz CT molecular complexity index is 607. The van der Waals surface area contributed by atoms with Crippen LogP contribution in [0.4, 0.5) is 0 Å². The van der Waals surface area contributed by atoms with E-state index in [0.717, 1.165) is 0 Å². The third kappa shape index (κ3) is 1.17. The zero-order valence-electron chi connectivity index (χ0n) is 9.22. The Kier molecular flexibility index (Phi) is 2.00. The maximum Gasteiger partial charge on any atom is 0.0635 e. The smallest absolute Gasteiger partial charge is 0.0635 e. The van der Waals surface area contributed by atoms with Gasteiger partial charge in [-0.3, -0.25) is 0 Å². The molecule has 3 aromatic rings. The van der Waals surface area contributed by atoms with Crippen molar-refractivity contribution in [3.63, 3.8) is 0 Å². The number of hydrogen-bond acceptors (Lipinski definition) is 3. The molecule has 15 heavy (non-hydrogen) atoms. The molecule has 0 aliphatic carbocycles. The van der Waals surface area contributed by atoms with Gasteiger partial charge in [-0.05, 0) is 38.8 Å². The van der Waals surface area contributed by atoms with E-state index < -0.39 is 0 Å². The largest absolute Gasteiger partial charge is 0.138 e. The molecule has 0 N–H and O–H groups in total. The second-order valence-electron chi connectivity index (χ2n) is 3.99. The quantitative estimate of drug-likeness (QED) is 0.502. The molecule has 0 aliphatic rings. The molecule has 0 amide bonds. The molecule has 0 atom stereocenters. The van der Waals surface area contributed by atoms with Crippen LogP contribution in [0.25, 0.3) is 18.8 Å². The van der Waals surface area contributed by atoms with Crippen molar-refractivity contribution in [3.05, 3.63) is 20.9 Å². The first kappa shape index (κ1) is 9.82. The van der Waals surface area contributed by atoms with Gasteiger partial charge in [0, 0.05) is 9.75 Å². The van der Waals surface area contributed by atoms with E-state index >= 15 is 0 Å². The Morgan fingerprint density at radius 1 is 0.533 bits per heavy atom. The van der Waals surface area contributed by atoms with Crippen molar-refractivity contribution < 1.29 is 0 Å². The lowest BCUT2D eigenvalue weighted by Gasteiger charge is -1.87. The lowest BCUT2D eigenvalue weighted by Crippen LogP contribution is -1.66. The van der Waals surface area contributed by atoms with Crippen LogP contribution in [0.5, 0.6) is 0 Å². The Labute approximate surface area is 101 Å². The summed E-state index contributed by atoms with van der Waals surface area (Å²) in [6.45, 7) is 8.95. The van der Waals surface area contributed by atoms with Gasteiger partial charge in [0.2, 0.25) is 0 Å². The summed E-state index contributed by atoms with van der Waals surface area (Å²) in [7, 11) is 0. The lowest BCUT2D eigenvalue weighted by molar-refractivity contribution is 1.48. The van der Waals surface area contributed by atoms with Gasteiger partial charge in [-0.15, -0.1) is 34.0 Å². The van der Waals surface area contributed by atoms with E-state index in [9.17, 15) is 0 Å².